The Labute approximate surface area is 141 Å². The van der Waals surface area contributed by atoms with Gasteiger partial charge in [-0.2, -0.15) is 0 Å². The van der Waals surface area contributed by atoms with Crippen molar-refractivity contribution in [1.82, 2.24) is 15.8 Å². The average Bonchev–Trinajstić information content (AvgIpc) is 3.12. The van der Waals surface area contributed by atoms with Crippen molar-refractivity contribution in [3.63, 3.8) is 0 Å². The van der Waals surface area contributed by atoms with Crippen LogP contribution in [0.15, 0.2) is 40.9 Å². The molecule has 0 spiro atoms. The van der Waals surface area contributed by atoms with Crippen molar-refractivity contribution in [2.24, 2.45) is 5.41 Å². The van der Waals surface area contributed by atoms with Crippen LogP contribution in [0.5, 0.6) is 0 Å². The number of amides is 1. The van der Waals surface area contributed by atoms with Crippen molar-refractivity contribution in [3.8, 4) is 11.3 Å². The van der Waals surface area contributed by atoms with Crippen LogP contribution in [-0.2, 0) is 4.74 Å². The molecule has 1 aromatic carbocycles. The maximum absolute atomic E-state index is 12.4. The molecule has 0 aliphatic carbocycles. The van der Waals surface area contributed by atoms with Crippen LogP contribution in [0.25, 0.3) is 11.3 Å². The zero-order chi connectivity index (χ0) is 16.8. The van der Waals surface area contributed by atoms with E-state index in [0.29, 0.717) is 24.6 Å². The molecule has 24 heavy (non-hydrogen) atoms. The summed E-state index contributed by atoms with van der Waals surface area (Å²) in [6.07, 6.45) is 1.96. The van der Waals surface area contributed by atoms with Crippen molar-refractivity contribution in [2.75, 3.05) is 33.4 Å². The smallest absolute Gasteiger partial charge is 0.273 e. The van der Waals surface area contributed by atoms with Crippen LogP contribution in [0, 0.1) is 5.41 Å². The molecule has 1 saturated heterocycles. The summed E-state index contributed by atoms with van der Waals surface area (Å²) in [5.74, 6) is 0.379. The number of hydrogen-bond acceptors (Lipinski definition) is 5. The molecule has 0 saturated carbocycles. The van der Waals surface area contributed by atoms with Gasteiger partial charge in [0, 0.05) is 30.7 Å². The molecule has 0 unspecified atom stereocenters. The summed E-state index contributed by atoms with van der Waals surface area (Å²) in [4.78, 5) is 12.4. The minimum absolute atomic E-state index is 0.0122. The average molecular weight is 329 g/mol. The van der Waals surface area contributed by atoms with Gasteiger partial charge < -0.3 is 19.9 Å². The predicted molar refractivity (Wildman–Crippen MR) is 90.7 cm³/mol. The number of aromatic nitrogens is 1. The largest absolute Gasteiger partial charge is 0.384 e. The Kier molecular flexibility index (Phi) is 5.27. The van der Waals surface area contributed by atoms with E-state index in [0.717, 1.165) is 31.5 Å². The number of nitrogens with one attached hydrogen (secondary N) is 2. The van der Waals surface area contributed by atoms with Crippen LogP contribution in [0.2, 0.25) is 0 Å². The number of ether oxygens (including phenoxy) is 1. The molecule has 1 amide bonds. The van der Waals surface area contributed by atoms with Crippen LogP contribution >= 0.6 is 0 Å². The second-order valence-electron chi connectivity index (χ2n) is 6.31. The lowest BCUT2D eigenvalue weighted by Gasteiger charge is -2.37. The van der Waals surface area contributed by atoms with Gasteiger partial charge in [0.15, 0.2) is 11.5 Å². The highest BCUT2D eigenvalue weighted by molar-refractivity contribution is 5.93. The van der Waals surface area contributed by atoms with E-state index < -0.39 is 0 Å². The number of carbonyl (C=O) groups is 1. The molecule has 0 bridgehead atoms. The van der Waals surface area contributed by atoms with Gasteiger partial charge in [-0.25, -0.2) is 0 Å². The second-order valence-corrected chi connectivity index (χ2v) is 6.31. The monoisotopic (exact) mass is 329 g/mol. The number of rotatable bonds is 6. The van der Waals surface area contributed by atoms with E-state index in [1.165, 1.54) is 0 Å². The Morgan fingerprint density at radius 1 is 1.33 bits per heavy atom. The molecule has 128 valence electrons. The van der Waals surface area contributed by atoms with Crippen LogP contribution in [0.4, 0.5) is 0 Å². The highest BCUT2D eigenvalue weighted by atomic mass is 16.5. The minimum Gasteiger partial charge on any atom is -0.384 e. The third-order valence-corrected chi connectivity index (χ3v) is 4.54. The summed E-state index contributed by atoms with van der Waals surface area (Å²) < 4.78 is 10.7. The molecule has 0 atom stereocenters. The molecule has 3 rings (SSSR count). The molecule has 6 heteroatoms. The molecule has 1 aliphatic rings. The molecule has 2 aromatic rings. The molecule has 2 heterocycles. The third-order valence-electron chi connectivity index (χ3n) is 4.54. The molecule has 6 nitrogen and oxygen atoms in total. The first-order chi connectivity index (χ1) is 11.7. The van der Waals surface area contributed by atoms with Gasteiger partial charge >= 0.3 is 0 Å². The van der Waals surface area contributed by atoms with Gasteiger partial charge in [-0.1, -0.05) is 35.5 Å². The minimum atomic E-state index is -0.213. The molecular weight excluding hydrogens is 306 g/mol. The van der Waals surface area contributed by atoms with E-state index in [9.17, 15) is 4.79 Å². The first kappa shape index (κ1) is 16.7. The first-order valence-electron chi connectivity index (χ1n) is 8.22. The van der Waals surface area contributed by atoms with Gasteiger partial charge in [0.05, 0.1) is 6.61 Å². The summed E-state index contributed by atoms with van der Waals surface area (Å²) in [6, 6.07) is 11.3. The van der Waals surface area contributed by atoms with E-state index in [4.69, 9.17) is 9.26 Å². The molecular formula is C18H23N3O3. The van der Waals surface area contributed by atoms with Crippen molar-refractivity contribution >= 4 is 5.91 Å². The molecule has 1 aliphatic heterocycles. The lowest BCUT2D eigenvalue weighted by atomic mass is 9.79. The topological polar surface area (TPSA) is 76.4 Å². The fraction of sp³-hybridized carbons (Fsp3) is 0.444. The highest BCUT2D eigenvalue weighted by Gasteiger charge is 2.32. The standard InChI is InChI=1S/C18H23N3O3/c1-23-13-18(7-9-19-10-8-18)12-20-17(22)15-11-16(24-21-15)14-5-3-2-4-6-14/h2-6,11,19H,7-10,12-13H2,1H3,(H,20,22). The SMILES string of the molecule is COCC1(CNC(=O)c2cc(-c3ccccc3)on2)CCNCC1. The fourth-order valence-electron chi connectivity index (χ4n) is 3.11. The summed E-state index contributed by atoms with van der Waals surface area (Å²) in [5.41, 5.74) is 1.19. The Hall–Kier alpha value is -2.18. The lowest BCUT2D eigenvalue weighted by molar-refractivity contribution is 0.0510. The zero-order valence-electron chi connectivity index (χ0n) is 13.9. The summed E-state index contributed by atoms with van der Waals surface area (Å²) in [7, 11) is 1.70. The van der Waals surface area contributed by atoms with E-state index in [-0.39, 0.29) is 11.3 Å². The van der Waals surface area contributed by atoms with E-state index in [1.54, 1.807) is 13.2 Å². The quantitative estimate of drug-likeness (QED) is 0.849. The number of methoxy groups -OCH3 is 1. The van der Waals surface area contributed by atoms with E-state index in [2.05, 4.69) is 15.8 Å². The second kappa shape index (κ2) is 7.59. The van der Waals surface area contributed by atoms with Crippen molar-refractivity contribution in [3.05, 3.63) is 42.1 Å². The number of carbonyl (C=O) groups excluding carboxylic acids is 1. The number of nitrogens with zero attached hydrogens (tertiary/aromatic N) is 1. The highest BCUT2D eigenvalue weighted by Crippen LogP contribution is 2.28. The molecule has 2 N–H and O–H groups in total. The van der Waals surface area contributed by atoms with Crippen molar-refractivity contribution < 1.29 is 14.1 Å². The van der Waals surface area contributed by atoms with Gasteiger partial charge in [0.25, 0.3) is 5.91 Å². The first-order valence-corrected chi connectivity index (χ1v) is 8.22. The summed E-state index contributed by atoms with van der Waals surface area (Å²) >= 11 is 0. The van der Waals surface area contributed by atoms with Crippen LogP contribution in [0.3, 0.4) is 0 Å². The fourth-order valence-corrected chi connectivity index (χ4v) is 3.11. The van der Waals surface area contributed by atoms with Gasteiger partial charge in [0.2, 0.25) is 0 Å². The van der Waals surface area contributed by atoms with Crippen LogP contribution in [0.1, 0.15) is 23.3 Å². The van der Waals surface area contributed by atoms with Crippen molar-refractivity contribution in [1.29, 1.82) is 0 Å². The van der Waals surface area contributed by atoms with Crippen molar-refractivity contribution in [2.45, 2.75) is 12.8 Å². The lowest BCUT2D eigenvalue weighted by Crippen LogP contribution is -2.47. The Morgan fingerprint density at radius 2 is 2.08 bits per heavy atom. The molecule has 1 fully saturated rings. The Bertz CT molecular complexity index is 658. The summed E-state index contributed by atoms with van der Waals surface area (Å²) in [6.45, 7) is 3.11. The maximum atomic E-state index is 12.4. The molecule has 0 radical (unpaired) electrons. The number of benzene rings is 1. The van der Waals surface area contributed by atoms with Crippen LogP contribution in [-0.4, -0.2) is 44.4 Å². The normalized spacial score (nSPS) is 16.7. The predicted octanol–water partition coefficient (Wildman–Crippen LogP) is 2.09. The third kappa shape index (κ3) is 3.83. The number of piperidine rings is 1. The van der Waals surface area contributed by atoms with E-state index >= 15 is 0 Å². The number of hydrogen-bond donors (Lipinski definition) is 2. The van der Waals surface area contributed by atoms with Gasteiger partial charge in [-0.15, -0.1) is 0 Å². The summed E-state index contributed by atoms with van der Waals surface area (Å²) in [5, 5.41) is 10.2. The van der Waals surface area contributed by atoms with Crippen LogP contribution < -0.4 is 10.6 Å². The van der Waals surface area contributed by atoms with Gasteiger partial charge in [0.1, 0.15) is 0 Å². The molecule has 1 aromatic heterocycles. The Balaban J connectivity index is 1.63. The van der Waals surface area contributed by atoms with Gasteiger partial charge in [-0.3, -0.25) is 4.79 Å². The van der Waals surface area contributed by atoms with E-state index in [1.807, 2.05) is 30.3 Å². The maximum Gasteiger partial charge on any atom is 0.273 e. The zero-order valence-corrected chi connectivity index (χ0v) is 13.9. The Morgan fingerprint density at radius 3 is 2.79 bits per heavy atom. The van der Waals surface area contributed by atoms with Gasteiger partial charge in [-0.05, 0) is 25.9 Å².